The molecule has 1 atom stereocenters. The van der Waals surface area contributed by atoms with Crippen molar-refractivity contribution >= 4 is 11.9 Å². The van der Waals surface area contributed by atoms with E-state index in [1.54, 1.807) is 4.90 Å². The second kappa shape index (κ2) is 6.37. The molecule has 2 rings (SSSR count). The molecule has 1 saturated heterocycles. The molecule has 0 radical (unpaired) electrons. The van der Waals surface area contributed by atoms with Crippen molar-refractivity contribution in [1.29, 1.82) is 0 Å². The number of piperidine rings is 1. The summed E-state index contributed by atoms with van der Waals surface area (Å²) < 4.78 is 5.48. The van der Waals surface area contributed by atoms with Gasteiger partial charge in [-0.05, 0) is 38.5 Å². The molecule has 19 heavy (non-hydrogen) atoms. The lowest BCUT2D eigenvalue weighted by Gasteiger charge is -2.37. The molecule has 1 aliphatic carbocycles. The summed E-state index contributed by atoms with van der Waals surface area (Å²) in [5.41, 5.74) is 0. The van der Waals surface area contributed by atoms with Crippen molar-refractivity contribution in [2.45, 2.75) is 45.1 Å². The van der Waals surface area contributed by atoms with Crippen LogP contribution in [-0.2, 0) is 14.3 Å². The largest absolute Gasteiger partial charge is 0.481 e. The van der Waals surface area contributed by atoms with Crippen LogP contribution in [0.15, 0.2) is 0 Å². The Morgan fingerprint density at radius 1 is 1.37 bits per heavy atom. The molecular weight excluding hydrogens is 246 g/mol. The second-order valence-corrected chi connectivity index (χ2v) is 5.64. The minimum absolute atomic E-state index is 0.117. The highest BCUT2D eigenvalue weighted by atomic mass is 16.5. The fraction of sp³-hybridized carbons (Fsp3) is 0.857. The predicted octanol–water partition coefficient (Wildman–Crippen LogP) is 1.51. The molecule has 1 N–H and O–H groups in total. The first kappa shape index (κ1) is 14.3. The third-order valence-corrected chi connectivity index (χ3v) is 4.18. The number of carbonyl (C=O) groups is 2. The molecule has 1 aliphatic heterocycles. The molecule has 0 spiro atoms. The lowest BCUT2D eigenvalue weighted by molar-refractivity contribution is -0.146. The molecule has 5 heteroatoms. The van der Waals surface area contributed by atoms with E-state index < -0.39 is 5.97 Å². The Morgan fingerprint density at radius 3 is 2.74 bits per heavy atom. The smallest absolute Gasteiger partial charge is 0.308 e. The standard InChI is InChI=1S/C14H23NO4/c1-2-19-12-6-10(7-12)8-13(16)15-5-3-4-11(9-15)14(17)18/h10-12H,2-9H2,1H3,(H,17,18)/t10?,11-,12?/m1/s1. The predicted molar refractivity (Wildman–Crippen MR) is 69.7 cm³/mol. The number of likely N-dealkylation sites (tertiary alicyclic amines) is 1. The highest BCUT2D eigenvalue weighted by molar-refractivity contribution is 5.78. The lowest BCUT2D eigenvalue weighted by Crippen LogP contribution is -2.44. The van der Waals surface area contributed by atoms with Gasteiger partial charge in [0.25, 0.3) is 0 Å². The van der Waals surface area contributed by atoms with Gasteiger partial charge in [0.15, 0.2) is 0 Å². The van der Waals surface area contributed by atoms with E-state index in [-0.39, 0.29) is 11.8 Å². The Bertz CT molecular complexity index is 338. The van der Waals surface area contributed by atoms with Gasteiger partial charge in [-0.15, -0.1) is 0 Å². The number of hydrogen-bond donors (Lipinski definition) is 1. The lowest BCUT2D eigenvalue weighted by atomic mass is 9.79. The molecule has 108 valence electrons. The molecule has 0 aromatic carbocycles. The van der Waals surface area contributed by atoms with E-state index in [4.69, 9.17) is 9.84 Å². The van der Waals surface area contributed by atoms with Crippen LogP contribution in [0, 0.1) is 11.8 Å². The van der Waals surface area contributed by atoms with Gasteiger partial charge in [-0.2, -0.15) is 0 Å². The first-order chi connectivity index (χ1) is 9.10. The number of amides is 1. The van der Waals surface area contributed by atoms with E-state index >= 15 is 0 Å². The van der Waals surface area contributed by atoms with Crippen LogP contribution in [0.3, 0.4) is 0 Å². The first-order valence-electron chi connectivity index (χ1n) is 7.22. The molecule has 5 nitrogen and oxygen atoms in total. The number of aliphatic carboxylic acids is 1. The van der Waals surface area contributed by atoms with Crippen LogP contribution in [0.1, 0.15) is 39.0 Å². The van der Waals surface area contributed by atoms with Crippen LogP contribution in [0.4, 0.5) is 0 Å². The summed E-state index contributed by atoms with van der Waals surface area (Å²) >= 11 is 0. The zero-order valence-electron chi connectivity index (χ0n) is 11.5. The van der Waals surface area contributed by atoms with Crippen molar-refractivity contribution in [2.75, 3.05) is 19.7 Å². The number of nitrogens with zero attached hydrogens (tertiary/aromatic N) is 1. The van der Waals surface area contributed by atoms with Crippen LogP contribution in [-0.4, -0.2) is 47.7 Å². The van der Waals surface area contributed by atoms with E-state index in [0.717, 1.165) is 25.9 Å². The molecule has 0 aromatic rings. The number of rotatable bonds is 5. The summed E-state index contributed by atoms with van der Waals surface area (Å²) in [5.74, 6) is -0.618. The summed E-state index contributed by atoms with van der Waals surface area (Å²) in [6.07, 6.45) is 4.31. The maximum absolute atomic E-state index is 12.1. The Kier molecular flexibility index (Phi) is 4.80. The molecule has 2 aliphatic rings. The molecule has 0 bridgehead atoms. The highest BCUT2D eigenvalue weighted by Gasteiger charge is 2.34. The Labute approximate surface area is 113 Å². The van der Waals surface area contributed by atoms with E-state index in [1.165, 1.54) is 0 Å². The van der Waals surface area contributed by atoms with Gasteiger partial charge in [-0.1, -0.05) is 0 Å². The monoisotopic (exact) mass is 269 g/mol. The van der Waals surface area contributed by atoms with Crippen LogP contribution in [0.5, 0.6) is 0 Å². The minimum Gasteiger partial charge on any atom is -0.481 e. The third kappa shape index (κ3) is 3.69. The topological polar surface area (TPSA) is 66.8 Å². The van der Waals surface area contributed by atoms with Gasteiger partial charge < -0.3 is 14.7 Å². The van der Waals surface area contributed by atoms with Crippen LogP contribution >= 0.6 is 0 Å². The van der Waals surface area contributed by atoms with Gasteiger partial charge >= 0.3 is 5.97 Å². The fourth-order valence-corrected chi connectivity index (χ4v) is 2.99. The SMILES string of the molecule is CCOC1CC(CC(=O)N2CCC[C@@H](C(=O)O)C2)C1. The number of carboxylic acid groups (broad SMARTS) is 1. The number of hydrogen-bond acceptors (Lipinski definition) is 3. The Hall–Kier alpha value is -1.10. The summed E-state index contributed by atoms with van der Waals surface area (Å²) in [4.78, 5) is 24.8. The summed E-state index contributed by atoms with van der Waals surface area (Å²) in [7, 11) is 0. The zero-order chi connectivity index (χ0) is 13.8. The first-order valence-corrected chi connectivity index (χ1v) is 7.22. The van der Waals surface area contributed by atoms with Crippen molar-refractivity contribution in [2.24, 2.45) is 11.8 Å². The maximum atomic E-state index is 12.1. The highest BCUT2D eigenvalue weighted by Crippen LogP contribution is 2.33. The van der Waals surface area contributed by atoms with Gasteiger partial charge in [0.1, 0.15) is 0 Å². The average Bonchev–Trinajstić information content (AvgIpc) is 2.36. The van der Waals surface area contributed by atoms with Gasteiger partial charge in [-0.25, -0.2) is 0 Å². The van der Waals surface area contributed by atoms with Crippen LogP contribution in [0.2, 0.25) is 0 Å². The Morgan fingerprint density at radius 2 is 2.11 bits per heavy atom. The molecule has 1 amide bonds. The molecule has 0 aromatic heterocycles. The normalized spacial score (nSPS) is 30.8. The van der Waals surface area contributed by atoms with E-state index in [1.807, 2.05) is 6.92 Å². The summed E-state index contributed by atoms with van der Waals surface area (Å²) in [6.45, 7) is 3.82. The van der Waals surface area contributed by atoms with Gasteiger partial charge in [-0.3, -0.25) is 9.59 Å². The Balaban J connectivity index is 1.73. The van der Waals surface area contributed by atoms with Crippen molar-refractivity contribution in [3.05, 3.63) is 0 Å². The molecule has 1 heterocycles. The van der Waals surface area contributed by atoms with Gasteiger partial charge in [0.05, 0.1) is 12.0 Å². The number of ether oxygens (including phenoxy) is 1. The van der Waals surface area contributed by atoms with Crippen LogP contribution in [0.25, 0.3) is 0 Å². The number of carbonyl (C=O) groups excluding carboxylic acids is 1. The quantitative estimate of drug-likeness (QED) is 0.821. The van der Waals surface area contributed by atoms with E-state index in [0.29, 0.717) is 38.0 Å². The fourth-order valence-electron chi connectivity index (χ4n) is 2.99. The van der Waals surface area contributed by atoms with Crippen molar-refractivity contribution < 1.29 is 19.4 Å². The minimum atomic E-state index is -0.780. The van der Waals surface area contributed by atoms with E-state index in [2.05, 4.69) is 0 Å². The molecule has 1 saturated carbocycles. The molecule has 2 fully saturated rings. The molecule has 0 unspecified atom stereocenters. The van der Waals surface area contributed by atoms with E-state index in [9.17, 15) is 9.59 Å². The van der Waals surface area contributed by atoms with Gasteiger partial charge in [0, 0.05) is 26.1 Å². The maximum Gasteiger partial charge on any atom is 0.308 e. The van der Waals surface area contributed by atoms with Crippen LogP contribution < -0.4 is 0 Å². The van der Waals surface area contributed by atoms with Crippen molar-refractivity contribution in [1.82, 2.24) is 4.90 Å². The van der Waals surface area contributed by atoms with Gasteiger partial charge in [0.2, 0.25) is 5.91 Å². The number of carboxylic acids is 1. The van der Waals surface area contributed by atoms with Crippen molar-refractivity contribution in [3.8, 4) is 0 Å². The average molecular weight is 269 g/mol. The third-order valence-electron chi connectivity index (χ3n) is 4.18. The summed E-state index contributed by atoms with van der Waals surface area (Å²) in [6, 6.07) is 0. The second-order valence-electron chi connectivity index (χ2n) is 5.64. The zero-order valence-corrected chi connectivity index (χ0v) is 11.5. The summed E-state index contributed by atoms with van der Waals surface area (Å²) in [5, 5.41) is 9.02. The molecular formula is C14H23NO4. The van der Waals surface area contributed by atoms with Crippen molar-refractivity contribution in [3.63, 3.8) is 0 Å².